The van der Waals surface area contributed by atoms with E-state index in [4.69, 9.17) is 0 Å². The van der Waals surface area contributed by atoms with Gasteiger partial charge >= 0.3 is 0 Å². The van der Waals surface area contributed by atoms with Gasteiger partial charge in [-0.25, -0.2) is 0 Å². The van der Waals surface area contributed by atoms with E-state index in [2.05, 4.69) is 24.5 Å². The van der Waals surface area contributed by atoms with Crippen LogP contribution in [0, 0.1) is 5.41 Å². The van der Waals surface area contributed by atoms with Crippen LogP contribution in [-0.2, 0) is 0 Å². The first kappa shape index (κ1) is 15.2. The molecule has 1 heterocycles. The quantitative estimate of drug-likeness (QED) is 0.894. The molecule has 1 aromatic carbocycles. The van der Waals surface area contributed by atoms with Gasteiger partial charge in [0.1, 0.15) is 0 Å². The Hall–Kier alpha value is -1.16. The average molecular weight is 292 g/mol. The topological polar surface area (TPSA) is 41.1 Å². The van der Waals surface area contributed by atoms with Crippen molar-refractivity contribution in [2.75, 3.05) is 23.4 Å². The van der Waals surface area contributed by atoms with Crippen LogP contribution in [0.2, 0.25) is 0 Å². The molecule has 1 atom stereocenters. The van der Waals surface area contributed by atoms with Gasteiger partial charge in [-0.05, 0) is 48.8 Å². The third kappa shape index (κ3) is 3.69. The van der Waals surface area contributed by atoms with Crippen molar-refractivity contribution in [2.24, 2.45) is 5.41 Å². The molecule has 1 aliphatic rings. The Morgan fingerprint density at radius 1 is 1.35 bits per heavy atom. The summed E-state index contributed by atoms with van der Waals surface area (Å²) in [6, 6.07) is 8.25. The van der Waals surface area contributed by atoms with E-state index in [0.717, 1.165) is 17.0 Å². The number of carbonyl (C=O) groups excluding carboxylic acids is 1. The molecule has 110 valence electrons. The van der Waals surface area contributed by atoms with Gasteiger partial charge in [-0.1, -0.05) is 13.8 Å². The first-order valence-corrected chi connectivity index (χ1v) is 8.41. The SMILES string of the molecule is CCNC(=O)c1ccc(NC2CSCCC2(C)C)cc1. The molecule has 0 bridgehead atoms. The molecular formula is C16H24N2OS. The minimum Gasteiger partial charge on any atom is -0.381 e. The van der Waals surface area contributed by atoms with Crippen LogP contribution in [0.4, 0.5) is 5.69 Å². The summed E-state index contributed by atoms with van der Waals surface area (Å²) < 4.78 is 0. The number of amides is 1. The maximum absolute atomic E-state index is 11.7. The molecule has 1 aliphatic heterocycles. The molecule has 2 N–H and O–H groups in total. The smallest absolute Gasteiger partial charge is 0.251 e. The average Bonchev–Trinajstić information content (AvgIpc) is 2.42. The number of anilines is 1. The van der Waals surface area contributed by atoms with E-state index in [1.54, 1.807) is 0 Å². The zero-order valence-corrected chi connectivity index (χ0v) is 13.3. The van der Waals surface area contributed by atoms with Crippen molar-refractivity contribution in [3.8, 4) is 0 Å². The van der Waals surface area contributed by atoms with E-state index < -0.39 is 0 Å². The van der Waals surface area contributed by atoms with Crippen molar-refractivity contribution in [3.05, 3.63) is 29.8 Å². The first-order chi connectivity index (χ1) is 9.53. The van der Waals surface area contributed by atoms with Gasteiger partial charge in [-0.3, -0.25) is 4.79 Å². The minimum absolute atomic E-state index is 0.00685. The number of benzene rings is 1. The van der Waals surface area contributed by atoms with Gasteiger partial charge in [0.05, 0.1) is 0 Å². The summed E-state index contributed by atoms with van der Waals surface area (Å²) in [4.78, 5) is 11.7. The number of rotatable bonds is 4. The molecule has 1 unspecified atom stereocenters. The van der Waals surface area contributed by atoms with Gasteiger partial charge < -0.3 is 10.6 Å². The third-order valence-electron chi connectivity index (χ3n) is 3.94. The normalized spacial score (nSPS) is 21.2. The van der Waals surface area contributed by atoms with E-state index in [1.807, 2.05) is 43.0 Å². The molecule has 0 aromatic heterocycles. The highest BCUT2D eigenvalue weighted by Crippen LogP contribution is 2.35. The maximum Gasteiger partial charge on any atom is 0.251 e. The Bertz CT molecular complexity index is 456. The van der Waals surface area contributed by atoms with E-state index in [1.165, 1.54) is 12.2 Å². The molecule has 2 rings (SSSR count). The van der Waals surface area contributed by atoms with Crippen LogP contribution in [0.15, 0.2) is 24.3 Å². The van der Waals surface area contributed by atoms with E-state index in [-0.39, 0.29) is 5.91 Å². The Morgan fingerprint density at radius 3 is 2.65 bits per heavy atom. The van der Waals surface area contributed by atoms with Crippen LogP contribution in [0.5, 0.6) is 0 Å². The van der Waals surface area contributed by atoms with E-state index in [9.17, 15) is 4.79 Å². The molecular weight excluding hydrogens is 268 g/mol. The van der Waals surface area contributed by atoms with Crippen LogP contribution in [0.25, 0.3) is 0 Å². The summed E-state index contributed by atoms with van der Waals surface area (Å²) >= 11 is 2.01. The van der Waals surface area contributed by atoms with Crippen LogP contribution in [-0.4, -0.2) is 30.0 Å². The van der Waals surface area contributed by atoms with Crippen molar-refractivity contribution in [1.29, 1.82) is 0 Å². The van der Waals surface area contributed by atoms with Gasteiger partial charge in [0.15, 0.2) is 0 Å². The minimum atomic E-state index is -0.00685. The summed E-state index contributed by atoms with van der Waals surface area (Å²) in [5.74, 6) is 2.39. The number of carbonyl (C=O) groups is 1. The van der Waals surface area contributed by atoms with E-state index >= 15 is 0 Å². The highest BCUT2D eigenvalue weighted by atomic mass is 32.2. The highest BCUT2D eigenvalue weighted by Gasteiger charge is 2.32. The van der Waals surface area contributed by atoms with Crippen LogP contribution in [0.1, 0.15) is 37.6 Å². The Kier molecular flexibility index (Phi) is 4.97. The standard InChI is InChI=1S/C16H24N2OS/c1-4-17-15(19)12-5-7-13(8-6-12)18-14-11-20-10-9-16(14,2)3/h5-8,14,18H,4,9-11H2,1-3H3,(H,17,19). The Balaban J connectivity index is 2.01. The molecule has 3 nitrogen and oxygen atoms in total. The summed E-state index contributed by atoms with van der Waals surface area (Å²) in [6.07, 6.45) is 1.24. The Labute approximate surface area is 125 Å². The molecule has 1 aromatic rings. The lowest BCUT2D eigenvalue weighted by Crippen LogP contribution is -2.41. The molecule has 1 fully saturated rings. The Morgan fingerprint density at radius 2 is 2.05 bits per heavy atom. The van der Waals surface area contributed by atoms with Gasteiger partial charge in [0.25, 0.3) is 5.91 Å². The van der Waals surface area contributed by atoms with Gasteiger partial charge in [0.2, 0.25) is 0 Å². The van der Waals surface area contributed by atoms with Crippen molar-refractivity contribution in [2.45, 2.75) is 33.2 Å². The zero-order valence-electron chi connectivity index (χ0n) is 12.5. The van der Waals surface area contributed by atoms with Crippen molar-refractivity contribution in [3.63, 3.8) is 0 Å². The predicted molar refractivity (Wildman–Crippen MR) is 87.6 cm³/mol. The fraction of sp³-hybridized carbons (Fsp3) is 0.562. The number of hydrogen-bond donors (Lipinski definition) is 2. The fourth-order valence-corrected chi connectivity index (χ4v) is 3.96. The molecule has 0 radical (unpaired) electrons. The van der Waals surface area contributed by atoms with Crippen LogP contribution >= 0.6 is 11.8 Å². The summed E-state index contributed by atoms with van der Waals surface area (Å²) in [5.41, 5.74) is 2.14. The molecule has 1 amide bonds. The second-order valence-electron chi connectivity index (χ2n) is 5.95. The maximum atomic E-state index is 11.7. The third-order valence-corrected chi connectivity index (χ3v) is 5.01. The van der Waals surface area contributed by atoms with Crippen molar-refractivity contribution in [1.82, 2.24) is 5.32 Å². The zero-order chi connectivity index (χ0) is 14.6. The molecule has 0 aliphatic carbocycles. The number of thioether (sulfide) groups is 1. The van der Waals surface area contributed by atoms with Gasteiger partial charge in [-0.2, -0.15) is 11.8 Å². The van der Waals surface area contributed by atoms with Gasteiger partial charge in [0, 0.05) is 29.6 Å². The lowest BCUT2D eigenvalue weighted by molar-refractivity contribution is 0.0956. The van der Waals surface area contributed by atoms with Crippen molar-refractivity contribution >= 4 is 23.4 Å². The summed E-state index contributed by atoms with van der Waals surface area (Å²) in [6.45, 7) is 7.24. The van der Waals surface area contributed by atoms with Crippen LogP contribution < -0.4 is 10.6 Å². The van der Waals surface area contributed by atoms with Crippen molar-refractivity contribution < 1.29 is 4.79 Å². The number of hydrogen-bond acceptors (Lipinski definition) is 3. The second kappa shape index (κ2) is 6.53. The van der Waals surface area contributed by atoms with E-state index in [0.29, 0.717) is 18.0 Å². The molecule has 20 heavy (non-hydrogen) atoms. The lowest BCUT2D eigenvalue weighted by Gasteiger charge is -2.39. The molecule has 1 saturated heterocycles. The second-order valence-corrected chi connectivity index (χ2v) is 7.10. The largest absolute Gasteiger partial charge is 0.381 e. The molecule has 0 saturated carbocycles. The van der Waals surface area contributed by atoms with Gasteiger partial charge in [-0.15, -0.1) is 0 Å². The highest BCUT2D eigenvalue weighted by molar-refractivity contribution is 7.99. The summed E-state index contributed by atoms with van der Waals surface area (Å²) in [5, 5.41) is 6.43. The molecule has 4 heteroatoms. The molecule has 0 spiro atoms. The van der Waals surface area contributed by atoms with Crippen LogP contribution in [0.3, 0.4) is 0 Å². The first-order valence-electron chi connectivity index (χ1n) is 7.25. The summed E-state index contributed by atoms with van der Waals surface area (Å²) in [7, 11) is 0. The predicted octanol–water partition coefficient (Wildman–Crippen LogP) is 3.38. The number of nitrogens with one attached hydrogen (secondary N) is 2. The fourth-order valence-electron chi connectivity index (χ4n) is 2.35. The lowest BCUT2D eigenvalue weighted by atomic mass is 9.82. The monoisotopic (exact) mass is 292 g/mol.